The van der Waals surface area contributed by atoms with E-state index in [2.05, 4.69) is 4.99 Å². The number of hydrogen-bond acceptors (Lipinski definition) is 6. The average Bonchev–Trinajstić information content (AvgIpc) is 3.23. The number of hydrogen-bond donors (Lipinski definition) is 0. The van der Waals surface area contributed by atoms with E-state index >= 15 is 0 Å². The molecular formula is C30H24Cl2N2O4S. The molecule has 0 unspecified atom stereocenters. The lowest BCUT2D eigenvalue weighted by molar-refractivity contribution is -0.139. The molecular weight excluding hydrogens is 555 g/mol. The number of halogens is 2. The molecule has 2 heterocycles. The van der Waals surface area contributed by atoms with Crippen LogP contribution in [0.4, 0.5) is 0 Å². The Balaban J connectivity index is 1.51. The van der Waals surface area contributed by atoms with Gasteiger partial charge in [-0.25, -0.2) is 9.79 Å². The third-order valence-electron chi connectivity index (χ3n) is 6.25. The fraction of sp³-hybridized carbons (Fsp3) is 0.167. The number of allylic oxidation sites excluding steroid dienone is 1. The lowest BCUT2D eigenvalue weighted by atomic mass is 9.96. The van der Waals surface area contributed by atoms with Crippen LogP contribution in [-0.2, 0) is 16.1 Å². The second-order valence-electron chi connectivity index (χ2n) is 8.77. The van der Waals surface area contributed by atoms with Crippen molar-refractivity contribution >= 4 is 46.6 Å². The van der Waals surface area contributed by atoms with Crippen LogP contribution < -0.4 is 19.6 Å². The summed E-state index contributed by atoms with van der Waals surface area (Å²) in [6.45, 7) is 4.03. The van der Waals surface area contributed by atoms with Gasteiger partial charge in [0.1, 0.15) is 18.4 Å². The first-order chi connectivity index (χ1) is 18.9. The standard InChI is InChI=1S/C30H24Cl2N2O4S/c1-3-37-29(36)26-18(2)33-30-34(27(26)22-9-5-7-11-24(22)32)28(35)25(39-30)16-19-12-14-21(15-13-19)38-17-20-8-4-6-10-23(20)31/h4-16,27H,3,17H2,1-2H3/b25-16-/t27-/m0/s1. The van der Waals surface area contributed by atoms with Crippen LogP contribution >= 0.6 is 34.5 Å². The van der Waals surface area contributed by atoms with Gasteiger partial charge < -0.3 is 9.47 Å². The van der Waals surface area contributed by atoms with E-state index in [0.717, 1.165) is 11.1 Å². The number of esters is 1. The molecule has 1 aliphatic rings. The van der Waals surface area contributed by atoms with E-state index in [0.29, 0.717) is 48.6 Å². The van der Waals surface area contributed by atoms with Crippen molar-refractivity contribution < 1.29 is 14.3 Å². The van der Waals surface area contributed by atoms with E-state index in [4.69, 9.17) is 32.7 Å². The maximum Gasteiger partial charge on any atom is 0.338 e. The maximum atomic E-state index is 13.7. The van der Waals surface area contributed by atoms with E-state index in [-0.39, 0.29) is 12.2 Å². The van der Waals surface area contributed by atoms with Gasteiger partial charge in [-0.15, -0.1) is 0 Å². The normalized spacial score (nSPS) is 15.1. The molecule has 1 aliphatic heterocycles. The molecule has 0 saturated carbocycles. The van der Waals surface area contributed by atoms with Gasteiger partial charge in [0, 0.05) is 15.6 Å². The van der Waals surface area contributed by atoms with Gasteiger partial charge in [-0.05, 0) is 55.3 Å². The summed E-state index contributed by atoms with van der Waals surface area (Å²) in [5.41, 5.74) is 2.87. The van der Waals surface area contributed by atoms with E-state index in [1.54, 1.807) is 32.1 Å². The van der Waals surface area contributed by atoms with Gasteiger partial charge in [0.2, 0.25) is 0 Å². The Morgan fingerprint density at radius 3 is 2.41 bits per heavy atom. The zero-order valence-corrected chi connectivity index (χ0v) is 23.5. The molecule has 39 heavy (non-hydrogen) atoms. The van der Waals surface area contributed by atoms with E-state index in [1.807, 2.05) is 60.7 Å². The van der Waals surface area contributed by atoms with Crippen molar-refractivity contribution in [3.05, 3.63) is 130 Å². The number of rotatable bonds is 7. The van der Waals surface area contributed by atoms with Crippen molar-refractivity contribution in [1.29, 1.82) is 0 Å². The summed E-state index contributed by atoms with van der Waals surface area (Å²) >= 11 is 14.0. The van der Waals surface area contributed by atoms with Crippen LogP contribution in [0.5, 0.6) is 5.75 Å². The monoisotopic (exact) mass is 578 g/mol. The number of carbonyl (C=O) groups excluding carboxylic acids is 1. The van der Waals surface area contributed by atoms with Crippen molar-refractivity contribution in [3.63, 3.8) is 0 Å². The zero-order valence-electron chi connectivity index (χ0n) is 21.2. The largest absolute Gasteiger partial charge is 0.489 e. The Morgan fingerprint density at radius 1 is 1.03 bits per heavy atom. The van der Waals surface area contributed by atoms with Crippen molar-refractivity contribution in [2.24, 2.45) is 4.99 Å². The van der Waals surface area contributed by atoms with Crippen LogP contribution in [0.1, 0.15) is 36.6 Å². The first kappa shape index (κ1) is 26.9. The molecule has 0 saturated heterocycles. The van der Waals surface area contributed by atoms with Crippen LogP contribution in [0.25, 0.3) is 6.08 Å². The summed E-state index contributed by atoms with van der Waals surface area (Å²) in [4.78, 5) is 31.8. The summed E-state index contributed by atoms with van der Waals surface area (Å²) in [7, 11) is 0. The molecule has 4 aromatic rings. The van der Waals surface area contributed by atoms with E-state index < -0.39 is 12.0 Å². The molecule has 0 aliphatic carbocycles. The molecule has 0 fully saturated rings. The highest BCUT2D eigenvalue weighted by Gasteiger charge is 2.34. The van der Waals surface area contributed by atoms with Crippen LogP contribution in [0.15, 0.2) is 93.9 Å². The van der Waals surface area contributed by atoms with Gasteiger partial charge in [0.25, 0.3) is 5.56 Å². The number of nitrogens with zero attached hydrogens (tertiary/aromatic N) is 2. The highest BCUT2D eigenvalue weighted by atomic mass is 35.5. The number of fused-ring (bicyclic) bond motifs is 1. The van der Waals surface area contributed by atoms with E-state index in [1.165, 1.54) is 15.9 Å². The molecule has 0 spiro atoms. The Hall–Kier alpha value is -3.65. The highest BCUT2D eigenvalue weighted by molar-refractivity contribution is 7.07. The topological polar surface area (TPSA) is 69.9 Å². The lowest BCUT2D eigenvalue weighted by Crippen LogP contribution is -2.40. The van der Waals surface area contributed by atoms with Crippen LogP contribution in [-0.4, -0.2) is 17.1 Å². The predicted molar refractivity (Wildman–Crippen MR) is 154 cm³/mol. The third-order valence-corrected chi connectivity index (χ3v) is 7.94. The fourth-order valence-corrected chi connectivity index (χ4v) is 5.85. The number of thiazole rings is 1. The first-order valence-corrected chi connectivity index (χ1v) is 13.8. The summed E-state index contributed by atoms with van der Waals surface area (Å²) in [6, 6.07) is 21.4. The molecule has 0 N–H and O–H groups in total. The van der Waals surface area contributed by atoms with E-state index in [9.17, 15) is 9.59 Å². The van der Waals surface area contributed by atoms with Crippen molar-refractivity contribution in [3.8, 4) is 5.75 Å². The molecule has 3 aromatic carbocycles. The number of ether oxygens (including phenoxy) is 2. The Kier molecular flexibility index (Phi) is 8.02. The Bertz CT molecular complexity index is 1760. The van der Waals surface area contributed by atoms with Gasteiger partial charge in [-0.2, -0.15) is 0 Å². The number of aromatic nitrogens is 1. The van der Waals surface area contributed by atoms with Gasteiger partial charge >= 0.3 is 5.97 Å². The lowest BCUT2D eigenvalue weighted by Gasteiger charge is -2.25. The summed E-state index contributed by atoms with van der Waals surface area (Å²) in [6.07, 6.45) is 1.80. The molecule has 0 bridgehead atoms. The minimum Gasteiger partial charge on any atom is -0.489 e. The molecule has 9 heteroatoms. The SMILES string of the molecule is CCOC(=O)C1=C(C)N=c2s/c(=C\c3ccc(OCc4ccccc4Cl)cc3)c(=O)n2[C@H]1c1ccccc1Cl. The van der Waals surface area contributed by atoms with Gasteiger partial charge in [-0.3, -0.25) is 9.36 Å². The third kappa shape index (κ3) is 5.57. The predicted octanol–water partition coefficient (Wildman–Crippen LogP) is 5.68. The molecule has 198 valence electrons. The Labute approximate surface area is 239 Å². The van der Waals surface area contributed by atoms with Crippen LogP contribution in [0.3, 0.4) is 0 Å². The number of benzene rings is 3. The molecule has 6 nitrogen and oxygen atoms in total. The molecule has 0 amide bonds. The highest BCUT2D eigenvalue weighted by Crippen LogP contribution is 2.34. The zero-order chi connectivity index (χ0) is 27.5. The van der Waals surface area contributed by atoms with Crippen LogP contribution in [0, 0.1) is 0 Å². The number of carbonyl (C=O) groups is 1. The molecule has 1 aromatic heterocycles. The fourth-order valence-electron chi connectivity index (χ4n) is 4.37. The van der Waals surface area contributed by atoms with Crippen molar-refractivity contribution in [2.75, 3.05) is 6.61 Å². The minimum atomic E-state index is -0.753. The quantitative estimate of drug-likeness (QED) is 0.264. The second kappa shape index (κ2) is 11.6. The van der Waals surface area contributed by atoms with Gasteiger partial charge in [0.15, 0.2) is 4.80 Å². The average molecular weight is 580 g/mol. The molecule has 5 rings (SSSR count). The second-order valence-corrected chi connectivity index (χ2v) is 10.6. The summed E-state index contributed by atoms with van der Waals surface area (Å²) in [5.74, 6) is 0.160. The summed E-state index contributed by atoms with van der Waals surface area (Å²) < 4.78 is 13.2. The molecule has 0 radical (unpaired) electrons. The maximum absolute atomic E-state index is 13.7. The van der Waals surface area contributed by atoms with Crippen molar-refractivity contribution in [2.45, 2.75) is 26.5 Å². The first-order valence-electron chi connectivity index (χ1n) is 12.3. The minimum absolute atomic E-state index is 0.202. The van der Waals surface area contributed by atoms with Gasteiger partial charge in [0.05, 0.1) is 22.4 Å². The summed E-state index contributed by atoms with van der Waals surface area (Å²) in [5, 5.41) is 1.10. The van der Waals surface area contributed by atoms with Crippen LogP contribution in [0.2, 0.25) is 10.0 Å². The molecule has 1 atom stereocenters. The van der Waals surface area contributed by atoms with Gasteiger partial charge in [-0.1, -0.05) is 83.1 Å². The van der Waals surface area contributed by atoms with Crippen molar-refractivity contribution in [1.82, 2.24) is 4.57 Å². The smallest absolute Gasteiger partial charge is 0.338 e. The Morgan fingerprint density at radius 2 is 1.72 bits per heavy atom.